The van der Waals surface area contributed by atoms with Crippen molar-refractivity contribution in [2.45, 2.75) is 46.5 Å². The van der Waals surface area contributed by atoms with Gasteiger partial charge in [-0.05, 0) is 59.2 Å². The van der Waals surface area contributed by atoms with Crippen molar-refractivity contribution in [1.29, 1.82) is 0 Å². The average Bonchev–Trinajstić information content (AvgIpc) is 2.48. The van der Waals surface area contributed by atoms with Crippen LogP contribution in [0.15, 0.2) is 36.4 Å². The van der Waals surface area contributed by atoms with Crippen LogP contribution >= 0.6 is 0 Å². The second-order valence-corrected chi connectivity index (χ2v) is 5.24. The first-order valence-electron chi connectivity index (χ1n) is 7.64. The Labute approximate surface area is 122 Å². The molecule has 0 saturated carbocycles. The molecule has 106 valence electrons. The average molecular weight is 268 g/mol. The molecule has 2 aromatic carbocycles. The Hall–Kier alpha value is -1.76. The Balaban J connectivity index is 2.65. The largest absolute Gasteiger partial charge is 0.508 e. The van der Waals surface area contributed by atoms with E-state index in [0.717, 1.165) is 25.7 Å². The molecule has 0 aliphatic rings. The molecule has 1 N–H and O–H groups in total. The summed E-state index contributed by atoms with van der Waals surface area (Å²) in [5.41, 5.74) is 6.93. The number of hydrogen-bond donors (Lipinski definition) is 1. The number of benzene rings is 2. The molecule has 0 saturated heterocycles. The molecule has 2 aromatic rings. The van der Waals surface area contributed by atoms with Crippen molar-refractivity contribution in [1.82, 2.24) is 0 Å². The lowest BCUT2D eigenvalue weighted by Crippen LogP contribution is -2.00. The van der Waals surface area contributed by atoms with Crippen LogP contribution in [-0.4, -0.2) is 5.11 Å². The van der Waals surface area contributed by atoms with Gasteiger partial charge in [0.1, 0.15) is 5.75 Å². The molecule has 0 aliphatic heterocycles. The highest BCUT2D eigenvalue weighted by molar-refractivity contribution is 5.73. The van der Waals surface area contributed by atoms with Crippen LogP contribution in [0.1, 0.15) is 43.9 Å². The Bertz CT molecular complexity index is 567. The Morgan fingerprint density at radius 1 is 0.800 bits per heavy atom. The van der Waals surface area contributed by atoms with Crippen LogP contribution in [0.2, 0.25) is 0 Å². The highest BCUT2D eigenvalue weighted by atomic mass is 16.3. The topological polar surface area (TPSA) is 20.2 Å². The van der Waals surface area contributed by atoms with Crippen molar-refractivity contribution >= 4 is 0 Å². The number of hydrogen-bond acceptors (Lipinski definition) is 1. The lowest BCUT2D eigenvalue weighted by atomic mass is 9.87. The maximum Gasteiger partial charge on any atom is 0.115 e. The molecule has 0 atom stereocenters. The quantitative estimate of drug-likeness (QED) is 0.796. The van der Waals surface area contributed by atoms with E-state index < -0.39 is 0 Å². The zero-order valence-corrected chi connectivity index (χ0v) is 12.7. The Morgan fingerprint density at radius 2 is 1.45 bits per heavy atom. The smallest absolute Gasteiger partial charge is 0.115 e. The summed E-state index contributed by atoms with van der Waals surface area (Å²) in [5.74, 6) is 0.329. The van der Waals surface area contributed by atoms with Gasteiger partial charge in [0.25, 0.3) is 0 Å². The van der Waals surface area contributed by atoms with Crippen LogP contribution in [0.3, 0.4) is 0 Å². The van der Waals surface area contributed by atoms with Crippen LogP contribution in [0.4, 0.5) is 0 Å². The van der Waals surface area contributed by atoms with E-state index in [1.165, 1.54) is 27.8 Å². The van der Waals surface area contributed by atoms with E-state index in [4.69, 9.17) is 0 Å². The summed E-state index contributed by atoms with van der Waals surface area (Å²) in [4.78, 5) is 0. The monoisotopic (exact) mass is 268 g/mol. The third-order valence-electron chi connectivity index (χ3n) is 3.91. The minimum atomic E-state index is 0.329. The van der Waals surface area contributed by atoms with Gasteiger partial charge in [0, 0.05) is 0 Å². The third kappa shape index (κ3) is 2.87. The van der Waals surface area contributed by atoms with Crippen LogP contribution in [0.25, 0.3) is 11.1 Å². The summed E-state index contributed by atoms with van der Waals surface area (Å²) in [6.07, 6.45) is 4.38. The van der Waals surface area contributed by atoms with E-state index in [0.29, 0.717) is 5.75 Å². The zero-order valence-electron chi connectivity index (χ0n) is 12.7. The first kappa shape index (κ1) is 14.6. The van der Waals surface area contributed by atoms with Gasteiger partial charge in [-0.1, -0.05) is 51.5 Å². The number of phenolic OH excluding ortho intramolecular Hbond substituents is 1. The molecule has 1 nitrogen and oxygen atoms in total. The fraction of sp³-hybridized carbons (Fsp3) is 0.368. The van der Waals surface area contributed by atoms with Crippen molar-refractivity contribution in [2.24, 2.45) is 0 Å². The van der Waals surface area contributed by atoms with E-state index >= 15 is 0 Å². The van der Waals surface area contributed by atoms with E-state index in [-0.39, 0.29) is 0 Å². The molecule has 0 spiro atoms. The van der Waals surface area contributed by atoms with Gasteiger partial charge < -0.3 is 5.11 Å². The number of rotatable bonds is 5. The number of aromatic hydroxyl groups is 1. The Morgan fingerprint density at radius 3 is 2.00 bits per heavy atom. The second kappa shape index (κ2) is 6.60. The van der Waals surface area contributed by atoms with Crippen molar-refractivity contribution < 1.29 is 5.11 Å². The molecule has 0 bridgehead atoms. The lowest BCUT2D eigenvalue weighted by Gasteiger charge is -2.18. The van der Waals surface area contributed by atoms with E-state index in [1.807, 2.05) is 12.1 Å². The standard InChI is InChI=1S/C19H24O/c1-4-7-15-9-8-14(5-2)18(6-3)19(15)16-10-12-17(20)13-11-16/h8-13,20H,4-7H2,1-3H3. The molecule has 0 aliphatic carbocycles. The first-order valence-corrected chi connectivity index (χ1v) is 7.64. The highest BCUT2D eigenvalue weighted by Crippen LogP contribution is 2.32. The molecule has 0 radical (unpaired) electrons. The zero-order chi connectivity index (χ0) is 14.5. The maximum atomic E-state index is 9.50. The van der Waals surface area contributed by atoms with Crippen LogP contribution in [0, 0.1) is 0 Å². The van der Waals surface area contributed by atoms with Gasteiger partial charge in [-0.2, -0.15) is 0 Å². The summed E-state index contributed by atoms with van der Waals surface area (Å²) in [6, 6.07) is 12.2. The number of aryl methyl sites for hydroxylation is 2. The van der Waals surface area contributed by atoms with Crippen molar-refractivity contribution in [2.75, 3.05) is 0 Å². The van der Waals surface area contributed by atoms with Crippen LogP contribution < -0.4 is 0 Å². The molecule has 2 rings (SSSR count). The van der Waals surface area contributed by atoms with E-state index in [2.05, 4.69) is 32.9 Å². The predicted octanol–water partition coefficient (Wildman–Crippen LogP) is 5.14. The normalized spacial score (nSPS) is 10.8. The van der Waals surface area contributed by atoms with Crippen molar-refractivity contribution in [3.05, 3.63) is 53.1 Å². The molecule has 0 unspecified atom stereocenters. The SMILES string of the molecule is CCCc1ccc(CC)c(CC)c1-c1ccc(O)cc1. The first-order chi connectivity index (χ1) is 9.71. The highest BCUT2D eigenvalue weighted by Gasteiger charge is 2.12. The minimum Gasteiger partial charge on any atom is -0.508 e. The van der Waals surface area contributed by atoms with Gasteiger partial charge in [0.15, 0.2) is 0 Å². The lowest BCUT2D eigenvalue weighted by molar-refractivity contribution is 0.475. The fourth-order valence-corrected chi connectivity index (χ4v) is 2.94. The molecule has 0 amide bonds. The van der Waals surface area contributed by atoms with Gasteiger partial charge in [-0.25, -0.2) is 0 Å². The van der Waals surface area contributed by atoms with Gasteiger partial charge in [0.05, 0.1) is 0 Å². The summed E-state index contributed by atoms with van der Waals surface area (Å²) in [7, 11) is 0. The van der Waals surface area contributed by atoms with Gasteiger partial charge in [-0.15, -0.1) is 0 Å². The summed E-state index contributed by atoms with van der Waals surface area (Å²) in [6.45, 7) is 6.67. The fourth-order valence-electron chi connectivity index (χ4n) is 2.94. The van der Waals surface area contributed by atoms with Crippen molar-refractivity contribution in [3.8, 4) is 16.9 Å². The third-order valence-corrected chi connectivity index (χ3v) is 3.91. The van der Waals surface area contributed by atoms with Gasteiger partial charge >= 0.3 is 0 Å². The summed E-state index contributed by atoms with van der Waals surface area (Å²) >= 11 is 0. The van der Waals surface area contributed by atoms with E-state index in [1.54, 1.807) is 12.1 Å². The molecular formula is C19H24O. The predicted molar refractivity (Wildman–Crippen MR) is 86.3 cm³/mol. The summed E-state index contributed by atoms with van der Waals surface area (Å²) in [5, 5.41) is 9.50. The van der Waals surface area contributed by atoms with Gasteiger partial charge in [0.2, 0.25) is 0 Å². The molecule has 0 fully saturated rings. The molecule has 0 aromatic heterocycles. The second-order valence-electron chi connectivity index (χ2n) is 5.24. The minimum absolute atomic E-state index is 0.329. The van der Waals surface area contributed by atoms with E-state index in [9.17, 15) is 5.11 Å². The van der Waals surface area contributed by atoms with Crippen molar-refractivity contribution in [3.63, 3.8) is 0 Å². The molecular weight excluding hydrogens is 244 g/mol. The molecule has 0 heterocycles. The Kier molecular flexibility index (Phi) is 4.84. The van der Waals surface area contributed by atoms with Crippen LogP contribution in [0.5, 0.6) is 5.75 Å². The molecule has 20 heavy (non-hydrogen) atoms. The van der Waals surface area contributed by atoms with Gasteiger partial charge in [-0.3, -0.25) is 0 Å². The maximum absolute atomic E-state index is 9.50. The molecule has 1 heteroatoms. The number of phenols is 1. The van der Waals surface area contributed by atoms with Crippen LogP contribution in [-0.2, 0) is 19.3 Å². The summed E-state index contributed by atoms with van der Waals surface area (Å²) < 4.78 is 0.